The number of aromatic amines is 1. The summed E-state index contributed by atoms with van der Waals surface area (Å²) in [6.45, 7) is 7.35. The number of piperidine rings is 1. The second-order valence-corrected chi connectivity index (χ2v) is 9.37. The molecule has 0 spiro atoms. The molecule has 8 heteroatoms. The van der Waals surface area contributed by atoms with Gasteiger partial charge in [-0.25, -0.2) is 4.79 Å². The highest BCUT2D eigenvalue weighted by atomic mass is 35.5. The summed E-state index contributed by atoms with van der Waals surface area (Å²) in [5, 5.41) is 22.8. The number of hydrogen-bond acceptors (Lipinski definition) is 4. The van der Waals surface area contributed by atoms with Crippen LogP contribution in [0, 0.1) is 18.3 Å². The van der Waals surface area contributed by atoms with Crippen LogP contribution in [0.25, 0.3) is 10.9 Å². The number of carbonyl (C=O) groups excluding carboxylic acids is 1. The van der Waals surface area contributed by atoms with Gasteiger partial charge in [0.2, 0.25) is 0 Å². The number of fused-ring (bicyclic) bond motifs is 1. The second kappa shape index (κ2) is 8.48. The number of nitrogens with one attached hydrogen (secondary N) is 2. The van der Waals surface area contributed by atoms with Gasteiger partial charge in [-0.05, 0) is 55.4 Å². The molecule has 1 unspecified atom stereocenters. The molecule has 2 amide bonds. The van der Waals surface area contributed by atoms with Gasteiger partial charge in [0.25, 0.3) is 0 Å². The van der Waals surface area contributed by atoms with E-state index < -0.39 is 11.5 Å². The Kier molecular flexibility index (Phi) is 5.90. The number of amides is 2. The Balaban J connectivity index is 1.42. The number of urea groups is 1. The van der Waals surface area contributed by atoms with Gasteiger partial charge in [-0.2, -0.15) is 5.10 Å². The van der Waals surface area contributed by atoms with E-state index in [9.17, 15) is 9.90 Å². The number of halogens is 1. The maximum atomic E-state index is 12.6. The Bertz CT molecular complexity index is 1070. The van der Waals surface area contributed by atoms with Crippen molar-refractivity contribution in [3.05, 3.63) is 52.9 Å². The monoisotopic (exact) mass is 441 g/mol. The average Bonchev–Trinajstić information content (AvgIpc) is 3.22. The molecule has 31 heavy (non-hydrogen) atoms. The lowest BCUT2D eigenvalue weighted by molar-refractivity contribution is -0.0138. The molecule has 3 N–H and O–H groups in total. The topological polar surface area (TPSA) is 94.1 Å². The molecule has 1 saturated heterocycles. The fourth-order valence-corrected chi connectivity index (χ4v) is 4.69. The highest BCUT2D eigenvalue weighted by Gasteiger charge is 2.40. The lowest BCUT2D eigenvalue weighted by Gasteiger charge is -2.43. The van der Waals surface area contributed by atoms with E-state index in [2.05, 4.69) is 34.3 Å². The minimum atomic E-state index is -0.710. The minimum absolute atomic E-state index is 0.114. The number of benzene rings is 1. The first kappa shape index (κ1) is 21.6. The summed E-state index contributed by atoms with van der Waals surface area (Å²) < 4.78 is 0. The largest absolute Gasteiger partial charge is 0.388 e. The van der Waals surface area contributed by atoms with Gasteiger partial charge in [0.15, 0.2) is 0 Å². The maximum absolute atomic E-state index is 12.6. The molecule has 1 aliphatic rings. The molecule has 0 bridgehead atoms. The van der Waals surface area contributed by atoms with Crippen LogP contribution in [0.3, 0.4) is 0 Å². The van der Waals surface area contributed by atoms with Crippen molar-refractivity contribution in [1.82, 2.24) is 20.1 Å². The van der Waals surface area contributed by atoms with Crippen molar-refractivity contribution >= 4 is 34.2 Å². The summed E-state index contributed by atoms with van der Waals surface area (Å²) in [4.78, 5) is 18.7. The number of aliphatic hydroxyl groups is 1. The molecule has 3 aromatic rings. The molecule has 1 fully saturated rings. The number of carbonyl (C=O) groups is 1. The molecule has 1 atom stereocenters. The van der Waals surface area contributed by atoms with Crippen LogP contribution in [0.1, 0.15) is 44.1 Å². The van der Waals surface area contributed by atoms with Gasteiger partial charge in [0.1, 0.15) is 0 Å². The Morgan fingerprint density at radius 3 is 2.71 bits per heavy atom. The minimum Gasteiger partial charge on any atom is -0.388 e. The van der Waals surface area contributed by atoms with Crippen molar-refractivity contribution < 1.29 is 9.90 Å². The standard InChI is InChI=1S/C23H28ClN5O2/c1-14-4-5-18(13-25-14)27-22(31)29-8-6-16(7-9-29)23(2,3)21(30)19-11-17(24)10-15-12-26-28-20(15)19/h4-5,10-13,16,21,30H,6-9H2,1-3H3,(H,26,28)(H,27,31). The van der Waals surface area contributed by atoms with E-state index in [4.69, 9.17) is 11.6 Å². The van der Waals surface area contributed by atoms with Crippen molar-refractivity contribution in [3.8, 4) is 0 Å². The Morgan fingerprint density at radius 1 is 1.29 bits per heavy atom. The van der Waals surface area contributed by atoms with E-state index in [0.29, 0.717) is 23.8 Å². The van der Waals surface area contributed by atoms with Crippen molar-refractivity contribution in [1.29, 1.82) is 0 Å². The zero-order valence-corrected chi connectivity index (χ0v) is 18.8. The molecule has 0 radical (unpaired) electrons. The van der Waals surface area contributed by atoms with Crippen molar-refractivity contribution in [2.45, 2.75) is 39.7 Å². The first-order chi connectivity index (χ1) is 14.8. The van der Waals surface area contributed by atoms with Crippen LogP contribution in [0.4, 0.5) is 10.5 Å². The zero-order chi connectivity index (χ0) is 22.2. The van der Waals surface area contributed by atoms with Gasteiger partial charge in [-0.3, -0.25) is 10.1 Å². The summed E-state index contributed by atoms with van der Waals surface area (Å²) in [5.74, 6) is 0.254. The Morgan fingerprint density at radius 2 is 2.03 bits per heavy atom. The predicted molar refractivity (Wildman–Crippen MR) is 122 cm³/mol. The lowest BCUT2D eigenvalue weighted by Crippen LogP contribution is -2.45. The van der Waals surface area contributed by atoms with Gasteiger partial charge < -0.3 is 15.3 Å². The summed E-state index contributed by atoms with van der Waals surface area (Å²) in [6, 6.07) is 7.26. The van der Waals surface area contributed by atoms with Gasteiger partial charge in [0.05, 0.1) is 29.7 Å². The zero-order valence-electron chi connectivity index (χ0n) is 18.0. The van der Waals surface area contributed by atoms with E-state index in [-0.39, 0.29) is 11.9 Å². The van der Waals surface area contributed by atoms with Crippen LogP contribution in [0.15, 0.2) is 36.7 Å². The third-order valence-corrected chi connectivity index (χ3v) is 6.76. The second-order valence-electron chi connectivity index (χ2n) is 8.93. The van der Waals surface area contributed by atoms with E-state index in [1.807, 2.05) is 36.1 Å². The number of aromatic nitrogens is 3. The van der Waals surface area contributed by atoms with Crippen molar-refractivity contribution in [2.75, 3.05) is 18.4 Å². The first-order valence-corrected chi connectivity index (χ1v) is 10.9. The number of aliphatic hydroxyl groups excluding tert-OH is 1. The Hall–Kier alpha value is -2.64. The fourth-order valence-electron chi connectivity index (χ4n) is 4.46. The molecule has 3 heterocycles. The number of likely N-dealkylation sites (tertiary alicyclic amines) is 1. The highest BCUT2D eigenvalue weighted by Crippen LogP contribution is 2.46. The van der Waals surface area contributed by atoms with Gasteiger partial charge in [-0.15, -0.1) is 0 Å². The first-order valence-electron chi connectivity index (χ1n) is 10.5. The fraction of sp³-hybridized carbons (Fsp3) is 0.435. The number of nitrogens with zero attached hydrogens (tertiary/aromatic N) is 3. The number of hydrogen-bond donors (Lipinski definition) is 3. The quantitative estimate of drug-likeness (QED) is 0.535. The third-order valence-electron chi connectivity index (χ3n) is 6.54. The van der Waals surface area contributed by atoms with Crippen molar-refractivity contribution in [2.24, 2.45) is 11.3 Å². The average molecular weight is 442 g/mol. The highest BCUT2D eigenvalue weighted by molar-refractivity contribution is 6.31. The normalized spacial score (nSPS) is 16.5. The number of pyridine rings is 1. The van der Waals surface area contributed by atoms with Crippen LogP contribution >= 0.6 is 11.6 Å². The molecule has 7 nitrogen and oxygen atoms in total. The molecule has 1 aliphatic heterocycles. The van der Waals surface area contributed by atoms with Crippen LogP contribution in [0.2, 0.25) is 5.02 Å². The molecular weight excluding hydrogens is 414 g/mol. The number of H-pyrrole nitrogens is 1. The Labute approximate surface area is 186 Å². The van der Waals surface area contributed by atoms with Crippen LogP contribution in [-0.4, -0.2) is 44.3 Å². The summed E-state index contributed by atoms with van der Waals surface area (Å²) in [7, 11) is 0. The number of anilines is 1. The van der Waals surface area contributed by atoms with Gasteiger partial charge in [0, 0.05) is 34.8 Å². The SMILES string of the molecule is Cc1ccc(NC(=O)N2CCC(C(C)(C)C(O)c3cc(Cl)cc4cn[nH]c34)CC2)cn1. The van der Waals surface area contributed by atoms with Gasteiger partial charge in [-0.1, -0.05) is 25.4 Å². The third kappa shape index (κ3) is 4.38. The van der Waals surface area contributed by atoms with Gasteiger partial charge >= 0.3 is 6.03 Å². The lowest BCUT2D eigenvalue weighted by atomic mass is 9.68. The number of aryl methyl sites for hydroxylation is 1. The van der Waals surface area contributed by atoms with Crippen LogP contribution in [-0.2, 0) is 0 Å². The molecule has 1 aromatic carbocycles. The molecule has 4 rings (SSSR count). The predicted octanol–water partition coefficient (Wildman–Crippen LogP) is 4.92. The van der Waals surface area contributed by atoms with E-state index in [1.165, 1.54) is 0 Å². The van der Waals surface area contributed by atoms with E-state index in [1.54, 1.807) is 12.4 Å². The summed E-state index contributed by atoms with van der Waals surface area (Å²) in [6.07, 6.45) is 4.30. The molecule has 0 saturated carbocycles. The molecule has 0 aliphatic carbocycles. The molecule has 164 valence electrons. The summed E-state index contributed by atoms with van der Waals surface area (Å²) >= 11 is 6.28. The smallest absolute Gasteiger partial charge is 0.321 e. The summed E-state index contributed by atoms with van der Waals surface area (Å²) in [5.41, 5.74) is 2.78. The number of rotatable bonds is 4. The van der Waals surface area contributed by atoms with E-state index >= 15 is 0 Å². The van der Waals surface area contributed by atoms with Crippen LogP contribution in [0.5, 0.6) is 0 Å². The van der Waals surface area contributed by atoms with E-state index in [0.717, 1.165) is 35.0 Å². The maximum Gasteiger partial charge on any atom is 0.321 e. The molecule has 2 aromatic heterocycles. The molecular formula is C23H28ClN5O2. The van der Waals surface area contributed by atoms with Crippen LogP contribution < -0.4 is 5.32 Å². The van der Waals surface area contributed by atoms with Crippen molar-refractivity contribution in [3.63, 3.8) is 0 Å².